The van der Waals surface area contributed by atoms with Crippen LogP contribution in [0.3, 0.4) is 0 Å². The van der Waals surface area contributed by atoms with Gasteiger partial charge in [0.1, 0.15) is 4.32 Å². The number of ether oxygens (including phenoxy) is 1. The largest absolute Gasteiger partial charge is 0.504 e. The van der Waals surface area contributed by atoms with Gasteiger partial charge in [-0.3, -0.25) is 9.69 Å². The minimum Gasteiger partial charge on any atom is -0.504 e. The number of thiocarbonyl (C=S) groups is 1. The van der Waals surface area contributed by atoms with E-state index in [1.54, 1.807) is 48.5 Å². The number of methoxy groups -OCH3 is 1. The van der Waals surface area contributed by atoms with Crippen molar-refractivity contribution in [3.05, 3.63) is 64.6 Å². The molecule has 1 atom stereocenters. The maximum atomic E-state index is 12.9. The van der Waals surface area contributed by atoms with Gasteiger partial charge >= 0.3 is 5.97 Å². The summed E-state index contributed by atoms with van der Waals surface area (Å²) < 4.78 is 5.24. The Morgan fingerprint density at radius 1 is 1.26 bits per heavy atom. The van der Waals surface area contributed by atoms with E-state index in [4.69, 9.17) is 17.0 Å². The molecule has 8 heteroatoms. The van der Waals surface area contributed by atoms with Gasteiger partial charge in [0.25, 0.3) is 5.91 Å². The normalized spacial score (nSPS) is 16.6. The van der Waals surface area contributed by atoms with E-state index in [-0.39, 0.29) is 15.8 Å². The number of phenols is 1. The zero-order valence-corrected chi connectivity index (χ0v) is 15.8. The summed E-state index contributed by atoms with van der Waals surface area (Å²) in [5.41, 5.74) is 1.09. The molecule has 1 heterocycles. The number of phenolic OH excluding ortho intramolecular Hbond substituents is 1. The number of aliphatic carboxylic acids is 1. The summed E-state index contributed by atoms with van der Waals surface area (Å²) in [4.78, 5) is 26.1. The molecular weight excluding hydrogens is 386 g/mol. The summed E-state index contributed by atoms with van der Waals surface area (Å²) in [7, 11) is 1.43. The molecule has 1 unspecified atom stereocenters. The number of benzene rings is 2. The van der Waals surface area contributed by atoms with Crippen molar-refractivity contribution in [2.75, 3.05) is 7.11 Å². The van der Waals surface area contributed by atoms with E-state index in [9.17, 15) is 19.8 Å². The molecule has 2 aromatic rings. The maximum absolute atomic E-state index is 12.9. The predicted molar refractivity (Wildman–Crippen MR) is 106 cm³/mol. The highest BCUT2D eigenvalue weighted by atomic mass is 32.2. The van der Waals surface area contributed by atoms with Gasteiger partial charge in [0, 0.05) is 0 Å². The molecule has 138 valence electrons. The van der Waals surface area contributed by atoms with Crippen LogP contribution in [0.25, 0.3) is 6.08 Å². The van der Waals surface area contributed by atoms with Crippen LogP contribution in [-0.2, 0) is 9.59 Å². The third-order valence-electron chi connectivity index (χ3n) is 3.93. The summed E-state index contributed by atoms with van der Waals surface area (Å²) in [6.45, 7) is 0. The molecule has 0 spiro atoms. The Morgan fingerprint density at radius 2 is 1.96 bits per heavy atom. The average molecular weight is 401 g/mol. The van der Waals surface area contributed by atoms with Crippen molar-refractivity contribution < 1.29 is 24.5 Å². The number of hydrogen-bond acceptors (Lipinski definition) is 6. The van der Waals surface area contributed by atoms with Gasteiger partial charge in [0.15, 0.2) is 17.5 Å². The lowest BCUT2D eigenvalue weighted by Gasteiger charge is -2.23. The topological polar surface area (TPSA) is 87.1 Å². The fourth-order valence-corrected chi connectivity index (χ4v) is 3.99. The summed E-state index contributed by atoms with van der Waals surface area (Å²) in [6.07, 6.45) is 1.59. The van der Waals surface area contributed by atoms with E-state index >= 15 is 0 Å². The minimum absolute atomic E-state index is 0.0165. The van der Waals surface area contributed by atoms with Crippen molar-refractivity contribution in [3.63, 3.8) is 0 Å². The van der Waals surface area contributed by atoms with Gasteiger partial charge in [-0.2, -0.15) is 0 Å². The molecule has 1 aliphatic rings. The monoisotopic (exact) mass is 401 g/mol. The van der Waals surface area contributed by atoms with E-state index in [2.05, 4.69) is 0 Å². The number of thioether (sulfide) groups is 1. The predicted octanol–water partition coefficient (Wildman–Crippen LogP) is 3.43. The van der Waals surface area contributed by atoms with Crippen molar-refractivity contribution in [2.24, 2.45) is 0 Å². The fraction of sp³-hybridized carbons (Fsp3) is 0.105. The average Bonchev–Trinajstić information content (AvgIpc) is 2.92. The smallest absolute Gasteiger partial charge is 0.331 e. The van der Waals surface area contributed by atoms with Crippen LogP contribution in [0.2, 0.25) is 0 Å². The maximum Gasteiger partial charge on any atom is 0.331 e. The third kappa shape index (κ3) is 3.81. The molecule has 0 aromatic heterocycles. The molecule has 1 fully saturated rings. The Hall–Kier alpha value is -2.84. The van der Waals surface area contributed by atoms with Crippen molar-refractivity contribution in [3.8, 4) is 11.5 Å². The number of nitrogens with zero attached hydrogens (tertiary/aromatic N) is 1. The zero-order chi connectivity index (χ0) is 19.6. The first-order chi connectivity index (χ1) is 12.9. The Labute approximate surface area is 165 Å². The first-order valence-electron chi connectivity index (χ1n) is 7.84. The summed E-state index contributed by atoms with van der Waals surface area (Å²) in [6, 6.07) is 11.9. The first kappa shape index (κ1) is 18.9. The lowest BCUT2D eigenvalue weighted by molar-refractivity contribution is -0.145. The highest BCUT2D eigenvalue weighted by Gasteiger charge is 2.41. The standard InChI is InChI=1S/C19H15NO5S2/c1-25-14-9-11(7-8-13(14)21)10-15-17(22)20(19(26)27-15)16(18(23)24)12-5-3-2-4-6-12/h2-10,16,21H,1H3,(H,23,24). The molecule has 0 radical (unpaired) electrons. The molecule has 2 N–H and O–H groups in total. The van der Waals surface area contributed by atoms with Gasteiger partial charge in [-0.25, -0.2) is 4.79 Å². The van der Waals surface area contributed by atoms with E-state index in [0.717, 1.165) is 16.7 Å². The van der Waals surface area contributed by atoms with Gasteiger partial charge in [-0.05, 0) is 29.3 Å². The summed E-state index contributed by atoms with van der Waals surface area (Å²) in [5, 5.41) is 19.4. The lowest BCUT2D eigenvalue weighted by atomic mass is 10.1. The number of carbonyl (C=O) groups is 2. The van der Waals surface area contributed by atoms with Crippen molar-refractivity contribution >= 4 is 46.3 Å². The molecule has 0 saturated carbocycles. The van der Waals surface area contributed by atoms with Crippen molar-refractivity contribution in [1.29, 1.82) is 0 Å². The summed E-state index contributed by atoms with van der Waals surface area (Å²) >= 11 is 6.31. The van der Waals surface area contributed by atoms with Crippen LogP contribution in [0, 0.1) is 0 Å². The molecule has 1 amide bonds. The molecule has 0 aliphatic carbocycles. The van der Waals surface area contributed by atoms with E-state index in [1.165, 1.54) is 13.2 Å². The third-order valence-corrected chi connectivity index (χ3v) is 5.26. The highest BCUT2D eigenvalue weighted by molar-refractivity contribution is 8.26. The number of carboxylic acid groups (broad SMARTS) is 1. The SMILES string of the molecule is COc1cc(C=C2SC(=S)N(C(C(=O)O)c3ccccc3)C2=O)ccc1O. The Bertz CT molecular complexity index is 942. The van der Waals surface area contributed by atoms with Crippen molar-refractivity contribution in [2.45, 2.75) is 6.04 Å². The lowest BCUT2D eigenvalue weighted by Crippen LogP contribution is -2.37. The molecule has 1 aliphatic heterocycles. The quantitative estimate of drug-likeness (QED) is 0.586. The van der Waals surface area contributed by atoms with Crippen LogP contribution in [0.1, 0.15) is 17.2 Å². The second kappa shape index (κ2) is 7.81. The number of aromatic hydroxyl groups is 1. The number of hydrogen-bond donors (Lipinski definition) is 2. The molecule has 0 bridgehead atoms. The van der Waals surface area contributed by atoms with Crippen molar-refractivity contribution in [1.82, 2.24) is 4.90 Å². The highest BCUT2D eigenvalue weighted by Crippen LogP contribution is 2.39. The molecule has 3 rings (SSSR count). The van der Waals surface area contributed by atoms with E-state index in [1.807, 2.05) is 0 Å². The van der Waals surface area contributed by atoms with Gasteiger partial charge in [-0.1, -0.05) is 60.4 Å². The fourth-order valence-electron chi connectivity index (χ4n) is 2.68. The Morgan fingerprint density at radius 3 is 2.59 bits per heavy atom. The molecule has 1 saturated heterocycles. The van der Waals surface area contributed by atoms with Crippen LogP contribution in [0.15, 0.2) is 53.4 Å². The summed E-state index contributed by atoms with van der Waals surface area (Å²) in [5.74, 6) is -1.39. The number of amides is 1. The van der Waals surface area contributed by atoms with E-state index < -0.39 is 17.9 Å². The second-order valence-electron chi connectivity index (χ2n) is 5.63. The first-order valence-corrected chi connectivity index (χ1v) is 9.06. The van der Waals surface area contributed by atoms with Crippen LogP contribution in [-0.4, -0.2) is 38.4 Å². The van der Waals surface area contributed by atoms with Gasteiger partial charge < -0.3 is 14.9 Å². The van der Waals surface area contributed by atoms with E-state index in [0.29, 0.717) is 16.0 Å². The van der Waals surface area contributed by atoms with Crippen LogP contribution in [0.4, 0.5) is 0 Å². The number of carboxylic acids is 1. The zero-order valence-electron chi connectivity index (χ0n) is 14.2. The second-order valence-corrected chi connectivity index (χ2v) is 7.31. The Kier molecular flexibility index (Phi) is 5.48. The van der Waals surface area contributed by atoms with Gasteiger partial charge in [0.2, 0.25) is 0 Å². The van der Waals surface area contributed by atoms with Gasteiger partial charge in [-0.15, -0.1) is 0 Å². The van der Waals surface area contributed by atoms with Crippen LogP contribution in [0.5, 0.6) is 11.5 Å². The number of rotatable bonds is 5. The number of carbonyl (C=O) groups excluding carboxylic acids is 1. The molecule has 2 aromatic carbocycles. The molecular formula is C19H15NO5S2. The Balaban J connectivity index is 1.96. The van der Waals surface area contributed by atoms with Crippen LogP contribution < -0.4 is 4.74 Å². The molecule has 6 nitrogen and oxygen atoms in total. The van der Waals surface area contributed by atoms with Gasteiger partial charge in [0.05, 0.1) is 12.0 Å². The minimum atomic E-state index is -1.20. The molecule has 27 heavy (non-hydrogen) atoms. The van der Waals surface area contributed by atoms with Crippen LogP contribution >= 0.6 is 24.0 Å².